The lowest BCUT2D eigenvalue weighted by atomic mass is 9.94. The maximum absolute atomic E-state index is 12.6. The fourth-order valence-electron chi connectivity index (χ4n) is 3.35. The average Bonchev–Trinajstić information content (AvgIpc) is 2.44. The standard InChI is InChI=1S/C15H29N3O/c1-4-11(2)14(16)15(19)18-10-13-7-5-6-8-17(13)9-12(18)3/h11-14H,4-10,16H2,1-3H3. The van der Waals surface area contributed by atoms with E-state index in [1.807, 2.05) is 4.90 Å². The molecule has 0 radical (unpaired) electrons. The van der Waals surface area contributed by atoms with Crippen molar-refractivity contribution in [3.05, 3.63) is 0 Å². The highest BCUT2D eigenvalue weighted by Gasteiger charge is 2.37. The molecule has 2 heterocycles. The summed E-state index contributed by atoms with van der Waals surface area (Å²) in [6, 6.07) is 0.539. The van der Waals surface area contributed by atoms with Gasteiger partial charge in [-0.3, -0.25) is 9.69 Å². The Morgan fingerprint density at radius 3 is 2.79 bits per heavy atom. The topological polar surface area (TPSA) is 49.6 Å². The molecule has 0 aromatic heterocycles. The number of amides is 1. The van der Waals surface area contributed by atoms with Crippen LogP contribution in [0.1, 0.15) is 46.5 Å². The lowest BCUT2D eigenvalue weighted by Crippen LogP contribution is -2.62. The van der Waals surface area contributed by atoms with Crippen molar-refractivity contribution in [3.8, 4) is 0 Å². The third kappa shape index (κ3) is 3.11. The molecule has 2 rings (SSSR count). The number of fused-ring (bicyclic) bond motifs is 1. The Morgan fingerprint density at radius 2 is 2.11 bits per heavy atom. The first-order chi connectivity index (χ1) is 9.04. The maximum Gasteiger partial charge on any atom is 0.240 e. The van der Waals surface area contributed by atoms with Crippen molar-refractivity contribution in [1.29, 1.82) is 0 Å². The highest BCUT2D eigenvalue weighted by Crippen LogP contribution is 2.25. The minimum atomic E-state index is -0.331. The van der Waals surface area contributed by atoms with E-state index in [1.54, 1.807) is 0 Å². The molecule has 0 aromatic carbocycles. The zero-order chi connectivity index (χ0) is 14.0. The largest absolute Gasteiger partial charge is 0.336 e. The summed E-state index contributed by atoms with van der Waals surface area (Å²) in [6.07, 6.45) is 4.80. The number of nitrogens with zero attached hydrogens (tertiary/aromatic N) is 2. The molecule has 2 N–H and O–H groups in total. The summed E-state index contributed by atoms with van der Waals surface area (Å²) in [6.45, 7) is 9.43. The first kappa shape index (κ1) is 14.8. The second-order valence-electron chi connectivity index (χ2n) is 6.40. The fourth-order valence-corrected chi connectivity index (χ4v) is 3.35. The molecule has 19 heavy (non-hydrogen) atoms. The molecule has 4 unspecified atom stereocenters. The molecule has 0 aromatic rings. The molecular formula is C15H29N3O. The maximum atomic E-state index is 12.6. The molecule has 0 spiro atoms. The average molecular weight is 267 g/mol. The Morgan fingerprint density at radius 1 is 1.37 bits per heavy atom. The zero-order valence-electron chi connectivity index (χ0n) is 12.6. The van der Waals surface area contributed by atoms with Gasteiger partial charge in [0.25, 0.3) is 0 Å². The van der Waals surface area contributed by atoms with Gasteiger partial charge in [0.1, 0.15) is 0 Å². The SMILES string of the molecule is CCC(C)C(N)C(=O)N1CC2CCCCN2CC1C. The summed E-state index contributed by atoms with van der Waals surface area (Å²) in [5.74, 6) is 0.427. The van der Waals surface area contributed by atoms with Crippen molar-refractivity contribution in [3.63, 3.8) is 0 Å². The van der Waals surface area contributed by atoms with E-state index in [2.05, 4.69) is 25.7 Å². The first-order valence-electron chi connectivity index (χ1n) is 7.84. The number of piperidine rings is 1. The van der Waals surface area contributed by atoms with Crippen molar-refractivity contribution in [2.75, 3.05) is 19.6 Å². The van der Waals surface area contributed by atoms with Crippen LogP contribution in [0.4, 0.5) is 0 Å². The number of piperazine rings is 1. The normalized spacial score (nSPS) is 31.7. The molecule has 0 saturated carbocycles. The predicted octanol–water partition coefficient (Wildman–Crippen LogP) is 1.45. The Kier molecular flexibility index (Phi) is 4.85. The van der Waals surface area contributed by atoms with Crippen molar-refractivity contribution < 1.29 is 4.79 Å². The second kappa shape index (κ2) is 6.23. The van der Waals surface area contributed by atoms with Gasteiger partial charge in [0.2, 0.25) is 5.91 Å². The van der Waals surface area contributed by atoms with E-state index in [-0.39, 0.29) is 17.9 Å². The molecule has 1 amide bonds. The van der Waals surface area contributed by atoms with Crippen LogP contribution >= 0.6 is 0 Å². The van der Waals surface area contributed by atoms with Gasteiger partial charge in [-0.05, 0) is 32.2 Å². The predicted molar refractivity (Wildman–Crippen MR) is 77.8 cm³/mol. The van der Waals surface area contributed by atoms with Gasteiger partial charge in [-0.2, -0.15) is 0 Å². The van der Waals surface area contributed by atoms with Crippen LogP contribution in [0, 0.1) is 5.92 Å². The summed E-state index contributed by atoms with van der Waals surface area (Å²) in [4.78, 5) is 17.2. The molecule has 4 nitrogen and oxygen atoms in total. The van der Waals surface area contributed by atoms with E-state index in [9.17, 15) is 4.79 Å². The number of rotatable bonds is 3. The number of nitrogens with two attached hydrogens (primary N) is 1. The summed E-state index contributed by atoms with van der Waals surface area (Å²) in [5.41, 5.74) is 6.13. The second-order valence-corrected chi connectivity index (χ2v) is 6.40. The molecule has 2 saturated heterocycles. The summed E-state index contributed by atoms with van der Waals surface area (Å²) in [7, 11) is 0. The minimum Gasteiger partial charge on any atom is -0.336 e. The van der Waals surface area contributed by atoms with Crippen LogP contribution in [0.2, 0.25) is 0 Å². The number of carbonyl (C=O) groups is 1. The van der Waals surface area contributed by atoms with Crippen molar-refractivity contribution in [1.82, 2.24) is 9.80 Å². The number of hydrogen-bond acceptors (Lipinski definition) is 3. The monoisotopic (exact) mass is 267 g/mol. The molecule has 2 fully saturated rings. The number of hydrogen-bond donors (Lipinski definition) is 1. The lowest BCUT2D eigenvalue weighted by molar-refractivity contribution is -0.140. The highest BCUT2D eigenvalue weighted by atomic mass is 16.2. The van der Waals surface area contributed by atoms with E-state index in [0.29, 0.717) is 12.1 Å². The molecule has 2 aliphatic rings. The van der Waals surface area contributed by atoms with E-state index in [1.165, 1.54) is 25.8 Å². The van der Waals surface area contributed by atoms with Crippen molar-refractivity contribution in [2.24, 2.45) is 11.7 Å². The molecule has 0 aliphatic carbocycles. The smallest absolute Gasteiger partial charge is 0.240 e. The Labute approximate surface area is 117 Å². The number of carbonyl (C=O) groups excluding carboxylic acids is 1. The van der Waals surface area contributed by atoms with Gasteiger partial charge in [-0.1, -0.05) is 26.7 Å². The molecule has 0 bridgehead atoms. The van der Waals surface area contributed by atoms with Gasteiger partial charge in [-0.25, -0.2) is 0 Å². The van der Waals surface area contributed by atoms with Gasteiger partial charge in [-0.15, -0.1) is 0 Å². The minimum absolute atomic E-state index is 0.159. The highest BCUT2D eigenvalue weighted by molar-refractivity contribution is 5.82. The van der Waals surface area contributed by atoms with E-state index in [4.69, 9.17) is 5.73 Å². The molecular weight excluding hydrogens is 238 g/mol. The molecule has 2 aliphatic heterocycles. The summed E-state index contributed by atoms with van der Waals surface area (Å²) in [5, 5.41) is 0. The van der Waals surface area contributed by atoms with Crippen LogP contribution in [-0.2, 0) is 4.79 Å². The Balaban J connectivity index is 2.01. The zero-order valence-corrected chi connectivity index (χ0v) is 12.6. The third-order valence-corrected chi connectivity index (χ3v) is 5.01. The third-order valence-electron chi connectivity index (χ3n) is 5.01. The Hall–Kier alpha value is -0.610. The van der Waals surface area contributed by atoms with Crippen molar-refractivity contribution in [2.45, 2.75) is 64.6 Å². The summed E-state index contributed by atoms with van der Waals surface area (Å²) < 4.78 is 0. The first-order valence-corrected chi connectivity index (χ1v) is 7.84. The van der Waals surface area contributed by atoms with Crippen LogP contribution in [0.5, 0.6) is 0 Å². The van der Waals surface area contributed by atoms with Gasteiger partial charge in [0, 0.05) is 25.2 Å². The van der Waals surface area contributed by atoms with Crippen LogP contribution in [0.15, 0.2) is 0 Å². The van der Waals surface area contributed by atoms with Gasteiger partial charge in [0.05, 0.1) is 6.04 Å². The van der Waals surface area contributed by atoms with Crippen LogP contribution in [-0.4, -0.2) is 53.5 Å². The Bertz CT molecular complexity index is 321. The van der Waals surface area contributed by atoms with Crippen molar-refractivity contribution >= 4 is 5.91 Å². The van der Waals surface area contributed by atoms with Crippen LogP contribution in [0.25, 0.3) is 0 Å². The fraction of sp³-hybridized carbons (Fsp3) is 0.933. The quantitative estimate of drug-likeness (QED) is 0.842. The van der Waals surface area contributed by atoms with Crippen LogP contribution < -0.4 is 5.73 Å². The van der Waals surface area contributed by atoms with E-state index < -0.39 is 0 Å². The van der Waals surface area contributed by atoms with Crippen LogP contribution in [0.3, 0.4) is 0 Å². The molecule has 110 valence electrons. The lowest BCUT2D eigenvalue weighted by Gasteiger charge is -2.48. The van der Waals surface area contributed by atoms with Gasteiger partial charge in [0.15, 0.2) is 0 Å². The molecule has 4 heteroatoms. The van der Waals surface area contributed by atoms with Gasteiger partial charge >= 0.3 is 0 Å². The molecule has 4 atom stereocenters. The summed E-state index contributed by atoms with van der Waals surface area (Å²) >= 11 is 0. The van der Waals surface area contributed by atoms with E-state index >= 15 is 0 Å². The van der Waals surface area contributed by atoms with Gasteiger partial charge < -0.3 is 10.6 Å². The van der Waals surface area contributed by atoms with E-state index in [0.717, 1.165) is 19.5 Å².